The number of ether oxygens (including phenoxy) is 1. The van der Waals surface area contributed by atoms with E-state index in [4.69, 9.17) is 9.15 Å². The first-order valence-corrected chi connectivity index (χ1v) is 7.35. The van der Waals surface area contributed by atoms with Crippen molar-refractivity contribution in [1.82, 2.24) is 0 Å². The van der Waals surface area contributed by atoms with Crippen molar-refractivity contribution in [3.8, 4) is 11.3 Å². The third-order valence-corrected chi connectivity index (χ3v) is 3.40. The highest BCUT2D eigenvalue weighted by Gasteiger charge is 2.13. The molecule has 0 aliphatic heterocycles. The van der Waals surface area contributed by atoms with Crippen molar-refractivity contribution in [3.63, 3.8) is 0 Å². The standard InChI is InChI=1S/C18H14FNO4/c1-2-23-18(22)20-14-6-4-3-5-12(14)17-10-15(21)13-8-7-11(19)9-16(13)24-17/h3-10H,2H2,1H3,(H,20,22). The number of hydrogen-bond acceptors (Lipinski definition) is 4. The van der Waals surface area contributed by atoms with E-state index in [2.05, 4.69) is 5.32 Å². The molecule has 1 aromatic heterocycles. The van der Waals surface area contributed by atoms with Gasteiger partial charge in [-0.2, -0.15) is 0 Å². The van der Waals surface area contributed by atoms with Gasteiger partial charge in [0.2, 0.25) is 0 Å². The number of amides is 1. The molecule has 3 aromatic rings. The fourth-order valence-electron chi connectivity index (χ4n) is 2.35. The summed E-state index contributed by atoms with van der Waals surface area (Å²) in [5, 5.41) is 2.88. The predicted molar refractivity (Wildman–Crippen MR) is 88.5 cm³/mol. The van der Waals surface area contributed by atoms with Gasteiger partial charge in [-0.15, -0.1) is 0 Å². The summed E-state index contributed by atoms with van der Waals surface area (Å²) >= 11 is 0. The van der Waals surface area contributed by atoms with Crippen molar-refractivity contribution >= 4 is 22.7 Å². The van der Waals surface area contributed by atoms with Gasteiger partial charge in [-0.3, -0.25) is 10.1 Å². The molecule has 0 aliphatic rings. The van der Waals surface area contributed by atoms with E-state index in [0.29, 0.717) is 11.3 Å². The summed E-state index contributed by atoms with van der Waals surface area (Å²) in [6.07, 6.45) is -0.612. The molecule has 0 spiro atoms. The number of halogens is 1. The number of nitrogens with one attached hydrogen (secondary N) is 1. The summed E-state index contributed by atoms with van der Waals surface area (Å²) in [7, 11) is 0. The van der Waals surface area contributed by atoms with E-state index < -0.39 is 11.9 Å². The second-order valence-electron chi connectivity index (χ2n) is 5.01. The Hall–Kier alpha value is -3.15. The van der Waals surface area contributed by atoms with E-state index in [1.54, 1.807) is 31.2 Å². The van der Waals surface area contributed by atoms with Gasteiger partial charge in [0, 0.05) is 17.7 Å². The molecule has 0 bridgehead atoms. The van der Waals surface area contributed by atoms with E-state index in [9.17, 15) is 14.0 Å². The molecule has 0 radical (unpaired) electrons. The molecule has 0 saturated carbocycles. The van der Waals surface area contributed by atoms with Crippen LogP contribution in [-0.2, 0) is 4.74 Å². The maximum Gasteiger partial charge on any atom is 0.411 e. The van der Waals surface area contributed by atoms with Gasteiger partial charge in [0.05, 0.1) is 17.7 Å². The van der Waals surface area contributed by atoms with Gasteiger partial charge < -0.3 is 9.15 Å². The first-order chi connectivity index (χ1) is 11.6. The second kappa shape index (κ2) is 6.54. The van der Waals surface area contributed by atoms with E-state index in [1.807, 2.05) is 0 Å². The number of fused-ring (bicyclic) bond motifs is 1. The minimum absolute atomic E-state index is 0.142. The van der Waals surface area contributed by atoms with Crippen LogP contribution < -0.4 is 10.7 Å². The summed E-state index contributed by atoms with van der Waals surface area (Å²) in [5.41, 5.74) is 0.768. The number of para-hydroxylation sites is 1. The third kappa shape index (κ3) is 3.12. The van der Waals surface area contributed by atoms with Gasteiger partial charge in [-0.25, -0.2) is 9.18 Å². The largest absolute Gasteiger partial charge is 0.456 e. The second-order valence-corrected chi connectivity index (χ2v) is 5.01. The number of hydrogen-bond donors (Lipinski definition) is 1. The van der Waals surface area contributed by atoms with Crippen LogP contribution in [0.5, 0.6) is 0 Å². The fourth-order valence-corrected chi connectivity index (χ4v) is 2.35. The number of carbonyl (C=O) groups is 1. The van der Waals surface area contributed by atoms with Crippen molar-refractivity contribution < 1.29 is 18.3 Å². The molecule has 1 N–H and O–H groups in total. The lowest BCUT2D eigenvalue weighted by Crippen LogP contribution is -2.14. The zero-order valence-electron chi connectivity index (χ0n) is 12.8. The number of carbonyl (C=O) groups excluding carboxylic acids is 1. The highest BCUT2D eigenvalue weighted by molar-refractivity contribution is 5.91. The lowest BCUT2D eigenvalue weighted by atomic mass is 10.1. The number of anilines is 1. The molecule has 0 saturated heterocycles. The maximum absolute atomic E-state index is 13.4. The lowest BCUT2D eigenvalue weighted by Gasteiger charge is -2.10. The van der Waals surface area contributed by atoms with Crippen LogP contribution in [0.2, 0.25) is 0 Å². The Balaban J connectivity index is 2.11. The Kier molecular flexibility index (Phi) is 4.29. The van der Waals surface area contributed by atoms with Gasteiger partial charge in [-0.05, 0) is 31.2 Å². The van der Waals surface area contributed by atoms with Crippen molar-refractivity contribution in [2.24, 2.45) is 0 Å². The molecule has 122 valence electrons. The molecule has 24 heavy (non-hydrogen) atoms. The third-order valence-electron chi connectivity index (χ3n) is 3.40. The van der Waals surface area contributed by atoms with Crippen LogP contribution in [0.4, 0.5) is 14.9 Å². The quantitative estimate of drug-likeness (QED) is 0.784. The Morgan fingerprint density at radius 3 is 2.79 bits per heavy atom. The van der Waals surface area contributed by atoms with Crippen molar-refractivity contribution in [3.05, 3.63) is 64.6 Å². The molecule has 2 aromatic carbocycles. The van der Waals surface area contributed by atoms with Gasteiger partial charge in [0.1, 0.15) is 17.2 Å². The Morgan fingerprint density at radius 1 is 1.21 bits per heavy atom. The van der Waals surface area contributed by atoms with Crippen LogP contribution in [0, 0.1) is 5.82 Å². The minimum Gasteiger partial charge on any atom is -0.456 e. The van der Waals surface area contributed by atoms with Crippen LogP contribution in [0.15, 0.2) is 57.7 Å². The molecule has 0 fully saturated rings. The first kappa shape index (κ1) is 15.7. The molecule has 0 unspecified atom stereocenters. The SMILES string of the molecule is CCOC(=O)Nc1ccccc1-c1cc(=O)c2ccc(F)cc2o1. The molecule has 1 amide bonds. The van der Waals surface area contributed by atoms with Crippen LogP contribution in [0.1, 0.15) is 6.92 Å². The monoisotopic (exact) mass is 327 g/mol. The zero-order chi connectivity index (χ0) is 17.1. The van der Waals surface area contributed by atoms with E-state index in [1.165, 1.54) is 18.2 Å². The molecule has 5 nitrogen and oxygen atoms in total. The van der Waals surface area contributed by atoms with Gasteiger partial charge >= 0.3 is 6.09 Å². The first-order valence-electron chi connectivity index (χ1n) is 7.35. The van der Waals surface area contributed by atoms with E-state index >= 15 is 0 Å². The Bertz CT molecular complexity index is 965. The van der Waals surface area contributed by atoms with Gasteiger partial charge in [0.15, 0.2) is 5.43 Å². The average Bonchev–Trinajstić information content (AvgIpc) is 2.55. The fraction of sp³-hybridized carbons (Fsp3) is 0.111. The average molecular weight is 327 g/mol. The summed E-state index contributed by atoms with van der Waals surface area (Å²) in [5.74, 6) is -0.272. The topological polar surface area (TPSA) is 68.5 Å². The van der Waals surface area contributed by atoms with Crippen LogP contribution in [0.25, 0.3) is 22.3 Å². The van der Waals surface area contributed by atoms with Crippen molar-refractivity contribution in [2.45, 2.75) is 6.92 Å². The molecule has 6 heteroatoms. The van der Waals surface area contributed by atoms with Gasteiger partial charge in [-0.1, -0.05) is 12.1 Å². The van der Waals surface area contributed by atoms with Crippen LogP contribution >= 0.6 is 0 Å². The number of benzene rings is 2. The lowest BCUT2D eigenvalue weighted by molar-refractivity contribution is 0.168. The normalized spacial score (nSPS) is 10.6. The summed E-state index contributed by atoms with van der Waals surface area (Å²) < 4.78 is 23.9. The predicted octanol–water partition coefficient (Wildman–Crippen LogP) is 4.17. The highest BCUT2D eigenvalue weighted by atomic mass is 19.1. The summed E-state index contributed by atoms with van der Waals surface area (Å²) in [6, 6.07) is 11.9. The van der Waals surface area contributed by atoms with Crippen LogP contribution in [0.3, 0.4) is 0 Å². The Morgan fingerprint density at radius 2 is 2.00 bits per heavy atom. The minimum atomic E-state index is -0.612. The number of rotatable bonds is 3. The van der Waals surface area contributed by atoms with Gasteiger partial charge in [0.25, 0.3) is 0 Å². The molecule has 0 aliphatic carbocycles. The summed E-state index contributed by atoms with van der Waals surface area (Å²) in [6.45, 7) is 1.93. The maximum atomic E-state index is 13.4. The molecule has 0 atom stereocenters. The van der Waals surface area contributed by atoms with E-state index in [0.717, 1.165) is 6.07 Å². The van der Waals surface area contributed by atoms with Crippen molar-refractivity contribution in [2.75, 3.05) is 11.9 Å². The zero-order valence-corrected chi connectivity index (χ0v) is 12.8. The smallest absolute Gasteiger partial charge is 0.411 e. The molecular formula is C18H14FNO4. The van der Waals surface area contributed by atoms with E-state index in [-0.39, 0.29) is 28.8 Å². The molecular weight excluding hydrogens is 313 g/mol. The Labute approximate surface area is 136 Å². The highest BCUT2D eigenvalue weighted by Crippen LogP contribution is 2.29. The van der Waals surface area contributed by atoms with Crippen LogP contribution in [-0.4, -0.2) is 12.7 Å². The van der Waals surface area contributed by atoms with Crippen molar-refractivity contribution in [1.29, 1.82) is 0 Å². The molecule has 1 heterocycles. The summed E-state index contributed by atoms with van der Waals surface area (Å²) in [4.78, 5) is 23.9. The molecule has 3 rings (SSSR count).